The van der Waals surface area contributed by atoms with Crippen molar-refractivity contribution >= 4 is 22.8 Å². The fourth-order valence-corrected chi connectivity index (χ4v) is 2.37. The predicted octanol–water partition coefficient (Wildman–Crippen LogP) is 2.26. The molecule has 0 aliphatic heterocycles. The second-order valence-electron chi connectivity index (χ2n) is 4.97. The topological polar surface area (TPSA) is 75.6 Å². The molecule has 6 nitrogen and oxygen atoms in total. The number of anilines is 1. The summed E-state index contributed by atoms with van der Waals surface area (Å²) in [6, 6.07) is 8.19. The molecule has 2 N–H and O–H groups in total. The summed E-state index contributed by atoms with van der Waals surface area (Å²) in [6.07, 6.45) is 5.57. The standard InChI is InChI=1S/C15H17N5O/c1-20-15(17-10-18-20)19-14(21)8-4-5-11-9-16-13-7-3-2-6-12(11)13/h2-3,6-7,9-10,16H,4-5,8H2,1H3,(H,17,18,19,21). The Kier molecular flexibility index (Phi) is 3.68. The Hall–Kier alpha value is -2.63. The predicted molar refractivity (Wildman–Crippen MR) is 80.9 cm³/mol. The van der Waals surface area contributed by atoms with Crippen LogP contribution < -0.4 is 5.32 Å². The number of fused-ring (bicyclic) bond motifs is 1. The number of aromatic amines is 1. The van der Waals surface area contributed by atoms with Crippen LogP contribution in [0.3, 0.4) is 0 Å². The van der Waals surface area contributed by atoms with Gasteiger partial charge in [0.1, 0.15) is 6.33 Å². The Morgan fingerprint density at radius 2 is 2.24 bits per heavy atom. The summed E-state index contributed by atoms with van der Waals surface area (Å²) < 4.78 is 1.54. The van der Waals surface area contributed by atoms with Gasteiger partial charge in [0.15, 0.2) is 0 Å². The molecule has 2 heterocycles. The third-order valence-corrected chi connectivity index (χ3v) is 3.49. The van der Waals surface area contributed by atoms with E-state index in [0.717, 1.165) is 18.4 Å². The first-order valence-corrected chi connectivity index (χ1v) is 6.93. The van der Waals surface area contributed by atoms with Gasteiger partial charge in [-0.15, -0.1) is 0 Å². The molecule has 0 spiro atoms. The summed E-state index contributed by atoms with van der Waals surface area (Å²) in [5.74, 6) is 0.443. The first kappa shape index (κ1) is 13.4. The molecular weight excluding hydrogens is 266 g/mol. The molecule has 1 aromatic carbocycles. The van der Waals surface area contributed by atoms with Crippen molar-refractivity contribution in [1.82, 2.24) is 19.7 Å². The van der Waals surface area contributed by atoms with Crippen molar-refractivity contribution < 1.29 is 4.79 Å². The molecule has 108 valence electrons. The number of nitrogens with one attached hydrogen (secondary N) is 2. The lowest BCUT2D eigenvalue weighted by molar-refractivity contribution is -0.116. The molecule has 3 aromatic rings. The van der Waals surface area contributed by atoms with Crippen molar-refractivity contribution in [2.24, 2.45) is 7.05 Å². The summed E-state index contributed by atoms with van der Waals surface area (Å²) in [7, 11) is 1.74. The summed E-state index contributed by atoms with van der Waals surface area (Å²) in [4.78, 5) is 19.1. The number of aromatic nitrogens is 4. The number of carbonyl (C=O) groups excluding carboxylic acids is 1. The minimum atomic E-state index is -0.0362. The van der Waals surface area contributed by atoms with E-state index < -0.39 is 0 Å². The average molecular weight is 283 g/mol. The number of H-pyrrole nitrogens is 1. The van der Waals surface area contributed by atoms with Crippen LogP contribution in [0.4, 0.5) is 5.95 Å². The van der Waals surface area contributed by atoms with Crippen LogP contribution in [0.15, 0.2) is 36.8 Å². The maximum absolute atomic E-state index is 11.9. The number of hydrogen-bond acceptors (Lipinski definition) is 3. The molecule has 0 radical (unpaired) electrons. The Bertz CT molecular complexity index is 758. The van der Waals surface area contributed by atoms with E-state index in [1.54, 1.807) is 7.05 Å². The van der Waals surface area contributed by atoms with Crippen LogP contribution in [0.5, 0.6) is 0 Å². The monoisotopic (exact) mass is 283 g/mol. The Morgan fingerprint density at radius 3 is 3.05 bits per heavy atom. The second-order valence-corrected chi connectivity index (χ2v) is 4.97. The molecular formula is C15H17N5O. The van der Waals surface area contributed by atoms with Crippen molar-refractivity contribution in [1.29, 1.82) is 0 Å². The number of rotatable bonds is 5. The van der Waals surface area contributed by atoms with Crippen molar-refractivity contribution in [2.75, 3.05) is 5.32 Å². The van der Waals surface area contributed by atoms with Crippen molar-refractivity contribution in [3.8, 4) is 0 Å². The second kappa shape index (κ2) is 5.78. The van der Waals surface area contributed by atoms with Crippen LogP contribution >= 0.6 is 0 Å². The highest BCUT2D eigenvalue weighted by molar-refractivity contribution is 5.89. The van der Waals surface area contributed by atoms with E-state index in [0.29, 0.717) is 12.4 Å². The number of hydrogen-bond donors (Lipinski definition) is 2. The first-order chi connectivity index (χ1) is 10.2. The highest BCUT2D eigenvalue weighted by atomic mass is 16.1. The zero-order chi connectivity index (χ0) is 14.7. The van der Waals surface area contributed by atoms with Gasteiger partial charge in [-0.1, -0.05) is 18.2 Å². The maximum atomic E-state index is 11.9. The molecule has 0 aliphatic rings. The van der Waals surface area contributed by atoms with Gasteiger partial charge in [-0.25, -0.2) is 4.68 Å². The summed E-state index contributed by atoms with van der Waals surface area (Å²) in [6.45, 7) is 0. The summed E-state index contributed by atoms with van der Waals surface area (Å²) >= 11 is 0. The average Bonchev–Trinajstić information content (AvgIpc) is 3.07. The van der Waals surface area contributed by atoms with Crippen LogP contribution in [-0.2, 0) is 18.3 Å². The molecule has 3 rings (SSSR count). The number of carbonyl (C=O) groups is 1. The van der Waals surface area contributed by atoms with Crippen molar-refractivity contribution in [3.63, 3.8) is 0 Å². The fourth-order valence-electron chi connectivity index (χ4n) is 2.37. The molecule has 0 atom stereocenters. The van der Waals surface area contributed by atoms with Crippen LogP contribution in [0.25, 0.3) is 10.9 Å². The van der Waals surface area contributed by atoms with Crippen LogP contribution in [0, 0.1) is 0 Å². The molecule has 2 aromatic heterocycles. The van der Waals surface area contributed by atoms with Gasteiger partial charge in [0.05, 0.1) is 0 Å². The van der Waals surface area contributed by atoms with E-state index in [4.69, 9.17) is 0 Å². The molecule has 0 fully saturated rings. The Labute approximate surface area is 122 Å². The molecule has 1 amide bonds. The molecule has 0 saturated heterocycles. The lowest BCUT2D eigenvalue weighted by Gasteiger charge is -2.03. The van der Waals surface area contributed by atoms with Gasteiger partial charge in [0, 0.05) is 30.6 Å². The summed E-state index contributed by atoms with van der Waals surface area (Å²) in [5.41, 5.74) is 2.38. The van der Waals surface area contributed by atoms with E-state index in [1.807, 2.05) is 18.3 Å². The quantitative estimate of drug-likeness (QED) is 0.754. The first-order valence-electron chi connectivity index (χ1n) is 6.93. The zero-order valence-electron chi connectivity index (χ0n) is 11.8. The van der Waals surface area contributed by atoms with E-state index in [2.05, 4.69) is 32.5 Å². The van der Waals surface area contributed by atoms with Crippen LogP contribution in [0.2, 0.25) is 0 Å². The van der Waals surface area contributed by atoms with E-state index in [-0.39, 0.29) is 5.91 Å². The molecule has 0 bridgehead atoms. The normalized spacial score (nSPS) is 10.9. The number of benzene rings is 1. The molecule has 0 saturated carbocycles. The fraction of sp³-hybridized carbons (Fsp3) is 0.267. The lowest BCUT2D eigenvalue weighted by Crippen LogP contribution is -2.15. The molecule has 6 heteroatoms. The minimum absolute atomic E-state index is 0.0362. The lowest BCUT2D eigenvalue weighted by atomic mass is 10.1. The Balaban J connectivity index is 1.54. The molecule has 21 heavy (non-hydrogen) atoms. The van der Waals surface area contributed by atoms with Gasteiger partial charge in [0.25, 0.3) is 0 Å². The highest BCUT2D eigenvalue weighted by Crippen LogP contribution is 2.19. The van der Waals surface area contributed by atoms with Gasteiger partial charge < -0.3 is 4.98 Å². The number of para-hydroxylation sites is 1. The zero-order valence-corrected chi connectivity index (χ0v) is 11.8. The van der Waals surface area contributed by atoms with Gasteiger partial charge in [0.2, 0.25) is 11.9 Å². The van der Waals surface area contributed by atoms with Crippen LogP contribution in [-0.4, -0.2) is 25.7 Å². The summed E-state index contributed by atoms with van der Waals surface area (Å²) in [5, 5.41) is 7.89. The SMILES string of the molecule is Cn1ncnc1NC(=O)CCCc1c[nH]c2ccccc12. The van der Waals surface area contributed by atoms with Crippen molar-refractivity contribution in [3.05, 3.63) is 42.4 Å². The van der Waals surface area contributed by atoms with E-state index >= 15 is 0 Å². The van der Waals surface area contributed by atoms with Crippen molar-refractivity contribution in [2.45, 2.75) is 19.3 Å². The van der Waals surface area contributed by atoms with E-state index in [9.17, 15) is 4.79 Å². The third-order valence-electron chi connectivity index (χ3n) is 3.49. The number of amides is 1. The van der Waals surface area contributed by atoms with Gasteiger partial charge >= 0.3 is 0 Å². The van der Waals surface area contributed by atoms with Crippen LogP contribution in [0.1, 0.15) is 18.4 Å². The largest absolute Gasteiger partial charge is 0.361 e. The number of aryl methyl sites for hydroxylation is 2. The smallest absolute Gasteiger partial charge is 0.227 e. The highest BCUT2D eigenvalue weighted by Gasteiger charge is 2.08. The maximum Gasteiger partial charge on any atom is 0.227 e. The Morgan fingerprint density at radius 1 is 1.38 bits per heavy atom. The third kappa shape index (κ3) is 2.94. The van der Waals surface area contributed by atoms with Gasteiger partial charge in [-0.2, -0.15) is 10.1 Å². The minimum Gasteiger partial charge on any atom is -0.361 e. The molecule has 0 unspecified atom stereocenters. The van der Waals surface area contributed by atoms with Gasteiger partial charge in [-0.05, 0) is 24.5 Å². The van der Waals surface area contributed by atoms with E-state index in [1.165, 1.54) is 22.0 Å². The number of nitrogens with zero attached hydrogens (tertiary/aromatic N) is 3. The molecule has 0 aliphatic carbocycles. The van der Waals surface area contributed by atoms with Gasteiger partial charge in [-0.3, -0.25) is 10.1 Å².